The van der Waals surface area contributed by atoms with E-state index in [2.05, 4.69) is 15.2 Å². The maximum Gasteiger partial charge on any atom is 0.261 e. The number of aryl methyl sites for hydroxylation is 1. The van der Waals surface area contributed by atoms with E-state index in [0.717, 1.165) is 18.4 Å². The number of nitrogens with zero attached hydrogens (tertiary/aromatic N) is 1. The van der Waals surface area contributed by atoms with Crippen molar-refractivity contribution in [2.75, 3.05) is 24.3 Å². The van der Waals surface area contributed by atoms with Crippen molar-refractivity contribution in [3.05, 3.63) is 59.5 Å². The fourth-order valence-electron chi connectivity index (χ4n) is 3.27. The first-order chi connectivity index (χ1) is 16.3. The van der Waals surface area contributed by atoms with Crippen LogP contribution in [0.25, 0.3) is 12.2 Å². The molecule has 0 bridgehead atoms. The van der Waals surface area contributed by atoms with Crippen molar-refractivity contribution in [2.45, 2.75) is 24.7 Å². The van der Waals surface area contributed by atoms with Crippen LogP contribution in [0.5, 0.6) is 11.5 Å². The first kappa shape index (κ1) is 23.4. The minimum Gasteiger partial charge on any atom is -0.493 e. The molecule has 0 saturated heterocycles. The SMILES string of the molecule is COc1ccc(NS(=O)(=O)c2ccc(C=Cc3onc(C)c3NC(=O)C3CC3)cc2)cc1OC. The molecular formula is C24H25N3O6S. The molecule has 0 unspecified atom stereocenters. The number of sulfonamides is 1. The molecule has 3 aromatic rings. The zero-order valence-corrected chi connectivity index (χ0v) is 19.8. The Morgan fingerprint density at radius 1 is 1.06 bits per heavy atom. The highest BCUT2D eigenvalue weighted by molar-refractivity contribution is 7.92. The second-order valence-corrected chi connectivity index (χ2v) is 9.53. The van der Waals surface area contributed by atoms with E-state index < -0.39 is 10.0 Å². The van der Waals surface area contributed by atoms with Crippen LogP contribution in [0.3, 0.4) is 0 Å². The third kappa shape index (κ3) is 5.23. The highest BCUT2D eigenvalue weighted by Gasteiger charge is 2.30. The summed E-state index contributed by atoms with van der Waals surface area (Å²) in [6.07, 6.45) is 5.24. The number of rotatable bonds is 9. The Hall–Kier alpha value is -3.79. The molecule has 1 heterocycles. The van der Waals surface area contributed by atoms with Crippen molar-refractivity contribution in [3.63, 3.8) is 0 Å². The Morgan fingerprint density at radius 2 is 1.76 bits per heavy atom. The van der Waals surface area contributed by atoms with E-state index in [4.69, 9.17) is 14.0 Å². The van der Waals surface area contributed by atoms with Crippen molar-refractivity contribution in [2.24, 2.45) is 5.92 Å². The highest BCUT2D eigenvalue weighted by Crippen LogP contribution is 2.32. The summed E-state index contributed by atoms with van der Waals surface area (Å²) in [6, 6.07) is 11.1. The van der Waals surface area contributed by atoms with Gasteiger partial charge in [0.15, 0.2) is 17.3 Å². The lowest BCUT2D eigenvalue weighted by atomic mass is 10.2. The van der Waals surface area contributed by atoms with Gasteiger partial charge in [-0.2, -0.15) is 0 Å². The number of ether oxygens (including phenoxy) is 2. The molecule has 1 fully saturated rings. The zero-order chi connectivity index (χ0) is 24.3. The second-order valence-electron chi connectivity index (χ2n) is 7.85. The summed E-state index contributed by atoms with van der Waals surface area (Å²) in [4.78, 5) is 12.2. The number of carbonyl (C=O) groups is 1. The monoisotopic (exact) mass is 483 g/mol. The Bertz CT molecular complexity index is 1330. The number of nitrogens with one attached hydrogen (secondary N) is 2. The van der Waals surface area contributed by atoms with Gasteiger partial charge in [0.1, 0.15) is 11.4 Å². The molecule has 1 saturated carbocycles. The van der Waals surface area contributed by atoms with Gasteiger partial charge in [0.05, 0.1) is 24.8 Å². The molecule has 0 aliphatic heterocycles. The Morgan fingerprint density at radius 3 is 2.41 bits per heavy atom. The maximum absolute atomic E-state index is 12.8. The molecule has 10 heteroatoms. The van der Waals surface area contributed by atoms with Crippen molar-refractivity contribution < 1.29 is 27.2 Å². The fourth-order valence-corrected chi connectivity index (χ4v) is 4.32. The fraction of sp³-hybridized carbons (Fsp3) is 0.250. The molecule has 0 radical (unpaired) electrons. The van der Waals surface area contributed by atoms with Crippen molar-refractivity contribution in [1.82, 2.24) is 5.16 Å². The van der Waals surface area contributed by atoms with Gasteiger partial charge in [-0.15, -0.1) is 0 Å². The summed E-state index contributed by atoms with van der Waals surface area (Å²) < 4.78 is 43.8. The topological polar surface area (TPSA) is 120 Å². The third-order valence-electron chi connectivity index (χ3n) is 5.34. The molecule has 34 heavy (non-hydrogen) atoms. The molecule has 4 rings (SSSR count). The number of hydrogen-bond acceptors (Lipinski definition) is 7. The van der Waals surface area contributed by atoms with Gasteiger partial charge in [-0.3, -0.25) is 9.52 Å². The summed E-state index contributed by atoms with van der Waals surface area (Å²) >= 11 is 0. The highest BCUT2D eigenvalue weighted by atomic mass is 32.2. The molecule has 2 N–H and O–H groups in total. The number of carbonyl (C=O) groups excluding carboxylic acids is 1. The zero-order valence-electron chi connectivity index (χ0n) is 19.0. The van der Waals surface area contributed by atoms with E-state index in [1.807, 2.05) is 0 Å². The smallest absolute Gasteiger partial charge is 0.261 e. The summed E-state index contributed by atoms with van der Waals surface area (Å²) in [5, 5.41) is 6.80. The lowest BCUT2D eigenvalue weighted by Crippen LogP contribution is -2.14. The van der Waals surface area contributed by atoms with Crippen LogP contribution in [0.4, 0.5) is 11.4 Å². The normalized spacial score (nSPS) is 13.6. The minimum absolute atomic E-state index is 0.0301. The standard InChI is InChI=1S/C24H25N3O6S/c1-15-23(25-24(28)17-7-8-17)21(33-26-15)12-6-16-4-10-19(11-5-16)34(29,30)27-18-9-13-20(31-2)22(14-18)32-3/h4-6,9-14,17,27H,7-8H2,1-3H3,(H,25,28). The number of anilines is 2. The van der Waals surface area contributed by atoms with Gasteiger partial charge in [-0.25, -0.2) is 8.42 Å². The Kier molecular flexibility index (Phi) is 6.60. The molecule has 2 aromatic carbocycles. The summed E-state index contributed by atoms with van der Waals surface area (Å²) in [5.74, 6) is 1.38. The van der Waals surface area contributed by atoms with E-state index in [0.29, 0.717) is 34.3 Å². The lowest BCUT2D eigenvalue weighted by Gasteiger charge is -2.12. The van der Waals surface area contributed by atoms with Gasteiger partial charge in [-0.1, -0.05) is 23.4 Å². The maximum atomic E-state index is 12.8. The van der Waals surface area contributed by atoms with Crippen molar-refractivity contribution in [1.29, 1.82) is 0 Å². The van der Waals surface area contributed by atoms with E-state index in [1.165, 1.54) is 26.4 Å². The molecule has 9 nitrogen and oxygen atoms in total. The van der Waals surface area contributed by atoms with E-state index in [9.17, 15) is 13.2 Å². The molecule has 178 valence electrons. The van der Waals surface area contributed by atoms with Crippen LogP contribution in [0.2, 0.25) is 0 Å². The van der Waals surface area contributed by atoms with E-state index >= 15 is 0 Å². The van der Waals surface area contributed by atoms with Crippen LogP contribution in [0, 0.1) is 12.8 Å². The first-order valence-electron chi connectivity index (χ1n) is 10.6. The number of benzene rings is 2. The molecule has 1 amide bonds. The number of hydrogen-bond donors (Lipinski definition) is 2. The quantitative estimate of drug-likeness (QED) is 0.465. The van der Waals surface area contributed by atoms with Gasteiger partial charge in [0.2, 0.25) is 5.91 Å². The largest absolute Gasteiger partial charge is 0.493 e. The molecule has 1 aromatic heterocycles. The van der Waals surface area contributed by atoms with Crippen molar-refractivity contribution in [3.8, 4) is 11.5 Å². The number of methoxy groups -OCH3 is 2. The number of amides is 1. The van der Waals surface area contributed by atoms with Crippen molar-refractivity contribution >= 4 is 39.5 Å². The summed E-state index contributed by atoms with van der Waals surface area (Å²) in [6.45, 7) is 1.76. The average molecular weight is 484 g/mol. The predicted molar refractivity (Wildman–Crippen MR) is 128 cm³/mol. The lowest BCUT2D eigenvalue weighted by molar-refractivity contribution is -0.117. The van der Waals surface area contributed by atoms with Crippen LogP contribution >= 0.6 is 0 Å². The van der Waals surface area contributed by atoms with Gasteiger partial charge in [0, 0.05) is 12.0 Å². The third-order valence-corrected chi connectivity index (χ3v) is 6.74. The molecule has 0 atom stereocenters. The number of aromatic nitrogens is 1. The van der Waals surface area contributed by atoms with Crippen LogP contribution in [0.1, 0.15) is 29.9 Å². The van der Waals surface area contributed by atoms with Crippen LogP contribution in [-0.4, -0.2) is 33.7 Å². The summed E-state index contributed by atoms with van der Waals surface area (Å²) in [5.41, 5.74) is 2.24. The van der Waals surface area contributed by atoms with E-state index in [-0.39, 0.29) is 16.7 Å². The minimum atomic E-state index is -3.81. The average Bonchev–Trinajstić information content (AvgIpc) is 3.63. The van der Waals surface area contributed by atoms with Gasteiger partial charge in [0.25, 0.3) is 10.0 Å². The van der Waals surface area contributed by atoms with Gasteiger partial charge in [-0.05, 0) is 55.7 Å². The molecular weight excluding hydrogens is 458 g/mol. The van der Waals surface area contributed by atoms with Crippen LogP contribution in [0.15, 0.2) is 51.9 Å². The van der Waals surface area contributed by atoms with E-state index in [1.54, 1.807) is 49.4 Å². The van der Waals surface area contributed by atoms with Crippen LogP contribution in [-0.2, 0) is 14.8 Å². The predicted octanol–water partition coefficient (Wildman–Crippen LogP) is 4.32. The summed E-state index contributed by atoms with van der Waals surface area (Å²) in [7, 11) is -0.822. The Balaban J connectivity index is 1.47. The Labute approximate surface area is 197 Å². The van der Waals surface area contributed by atoms with Gasteiger partial charge >= 0.3 is 0 Å². The van der Waals surface area contributed by atoms with Gasteiger partial charge < -0.3 is 19.3 Å². The molecule has 1 aliphatic rings. The molecule has 1 aliphatic carbocycles. The van der Waals surface area contributed by atoms with Crippen LogP contribution < -0.4 is 19.5 Å². The first-order valence-corrected chi connectivity index (χ1v) is 12.1. The second kappa shape index (κ2) is 9.60. The molecule has 0 spiro atoms.